The van der Waals surface area contributed by atoms with Crippen molar-refractivity contribution in [1.82, 2.24) is 4.31 Å². The zero-order chi connectivity index (χ0) is 18.0. The van der Waals surface area contributed by atoms with Gasteiger partial charge in [-0.2, -0.15) is 9.57 Å². The van der Waals surface area contributed by atoms with Gasteiger partial charge in [0.1, 0.15) is 0 Å². The zero-order valence-corrected chi connectivity index (χ0v) is 15.3. The van der Waals surface area contributed by atoms with Gasteiger partial charge in [-0.15, -0.1) is 0 Å². The van der Waals surface area contributed by atoms with Gasteiger partial charge in [0, 0.05) is 12.6 Å². The fraction of sp³-hybridized carbons (Fsp3) is 0.350. The number of hydrogen-bond acceptors (Lipinski definition) is 3. The van der Waals surface area contributed by atoms with E-state index in [0.29, 0.717) is 18.0 Å². The number of hydrogen-bond donors (Lipinski definition) is 0. The lowest BCUT2D eigenvalue weighted by Gasteiger charge is -2.22. The normalized spacial score (nSPS) is 14.7. The summed E-state index contributed by atoms with van der Waals surface area (Å²) in [5.74, 6) is 0.455. The van der Waals surface area contributed by atoms with Crippen LogP contribution >= 0.6 is 0 Å². The van der Waals surface area contributed by atoms with Crippen LogP contribution in [0.15, 0.2) is 53.4 Å². The van der Waals surface area contributed by atoms with E-state index in [4.69, 9.17) is 5.26 Å². The van der Waals surface area contributed by atoms with Crippen molar-refractivity contribution in [1.29, 1.82) is 5.26 Å². The average Bonchev–Trinajstić information content (AvgIpc) is 3.44. The second-order valence-corrected chi connectivity index (χ2v) is 8.70. The summed E-state index contributed by atoms with van der Waals surface area (Å²) in [5.41, 5.74) is 2.70. The van der Waals surface area contributed by atoms with Crippen LogP contribution in [0.25, 0.3) is 0 Å². The summed E-state index contributed by atoms with van der Waals surface area (Å²) in [6.07, 6.45) is 1.80. The lowest BCUT2D eigenvalue weighted by Crippen LogP contribution is -2.32. The molecule has 1 aliphatic rings. The van der Waals surface area contributed by atoms with Gasteiger partial charge >= 0.3 is 0 Å². The van der Waals surface area contributed by atoms with Gasteiger partial charge in [-0.3, -0.25) is 0 Å². The Morgan fingerprint density at radius 2 is 1.68 bits per heavy atom. The Kier molecular flexibility index (Phi) is 4.94. The van der Waals surface area contributed by atoms with Crippen molar-refractivity contribution < 1.29 is 8.42 Å². The third kappa shape index (κ3) is 3.92. The fourth-order valence-electron chi connectivity index (χ4n) is 2.80. The SMILES string of the molecule is CC(C)c1ccc(CN(C2CC2)S(=O)(=O)c2ccc(C#N)cc2)cc1. The first kappa shape index (κ1) is 17.7. The van der Waals surface area contributed by atoms with Gasteiger partial charge in [-0.1, -0.05) is 38.1 Å². The topological polar surface area (TPSA) is 61.2 Å². The monoisotopic (exact) mass is 354 g/mol. The van der Waals surface area contributed by atoms with Crippen LogP contribution in [0.3, 0.4) is 0 Å². The Morgan fingerprint density at radius 3 is 2.16 bits per heavy atom. The first-order chi connectivity index (χ1) is 11.9. The Bertz CT molecular complexity index is 875. The van der Waals surface area contributed by atoms with Crippen LogP contribution in [0.5, 0.6) is 0 Å². The summed E-state index contributed by atoms with van der Waals surface area (Å²) in [7, 11) is -3.56. The molecule has 0 spiro atoms. The highest BCUT2D eigenvalue weighted by Crippen LogP contribution is 2.33. The van der Waals surface area contributed by atoms with Crippen molar-refractivity contribution >= 4 is 10.0 Å². The number of rotatable bonds is 6. The van der Waals surface area contributed by atoms with Crippen molar-refractivity contribution in [2.24, 2.45) is 0 Å². The zero-order valence-electron chi connectivity index (χ0n) is 14.5. The maximum Gasteiger partial charge on any atom is 0.243 e. The second kappa shape index (κ2) is 6.99. The third-order valence-electron chi connectivity index (χ3n) is 4.53. The van der Waals surface area contributed by atoms with E-state index in [1.165, 1.54) is 17.7 Å². The molecule has 2 aromatic carbocycles. The van der Waals surface area contributed by atoms with E-state index in [1.54, 1.807) is 16.4 Å². The summed E-state index contributed by atoms with van der Waals surface area (Å²) in [5, 5.41) is 8.89. The molecule has 0 unspecified atom stereocenters. The minimum absolute atomic E-state index is 0.0745. The van der Waals surface area contributed by atoms with Gasteiger partial charge in [0.25, 0.3) is 0 Å². The predicted molar refractivity (Wildman–Crippen MR) is 97.4 cm³/mol. The van der Waals surface area contributed by atoms with E-state index in [0.717, 1.165) is 18.4 Å². The van der Waals surface area contributed by atoms with Crippen molar-refractivity contribution in [2.75, 3.05) is 0 Å². The first-order valence-corrected chi connectivity index (χ1v) is 9.96. The van der Waals surface area contributed by atoms with Crippen LogP contribution in [0, 0.1) is 11.3 Å². The molecule has 25 heavy (non-hydrogen) atoms. The molecule has 0 bridgehead atoms. The van der Waals surface area contributed by atoms with Gasteiger partial charge in [0.15, 0.2) is 0 Å². The number of nitriles is 1. The maximum atomic E-state index is 13.0. The Morgan fingerprint density at radius 1 is 1.08 bits per heavy atom. The maximum absolute atomic E-state index is 13.0. The standard InChI is InChI=1S/C20H22N2O2S/c1-15(2)18-7-3-17(4-8-18)14-22(19-9-10-19)25(23,24)20-11-5-16(13-21)6-12-20/h3-8,11-12,15,19H,9-10,14H2,1-2H3. The van der Waals surface area contributed by atoms with Crippen molar-refractivity contribution in [3.8, 4) is 6.07 Å². The second-order valence-electron chi connectivity index (χ2n) is 6.81. The summed E-state index contributed by atoms with van der Waals surface area (Å²) < 4.78 is 27.7. The quantitative estimate of drug-likeness (QED) is 0.787. The van der Waals surface area contributed by atoms with Crippen molar-refractivity contribution in [3.05, 3.63) is 65.2 Å². The largest absolute Gasteiger partial charge is 0.243 e. The number of sulfonamides is 1. The third-order valence-corrected chi connectivity index (χ3v) is 6.44. The van der Waals surface area contributed by atoms with E-state index in [2.05, 4.69) is 26.0 Å². The summed E-state index contributed by atoms with van der Waals surface area (Å²) in [6, 6.07) is 16.4. The van der Waals surface area contributed by atoms with E-state index in [9.17, 15) is 8.42 Å². The number of benzene rings is 2. The molecule has 0 atom stereocenters. The average molecular weight is 354 g/mol. The van der Waals surface area contributed by atoms with E-state index in [-0.39, 0.29) is 10.9 Å². The van der Waals surface area contributed by atoms with Crippen molar-refractivity contribution in [3.63, 3.8) is 0 Å². The molecule has 2 aromatic rings. The molecule has 1 saturated carbocycles. The van der Waals surface area contributed by atoms with E-state index >= 15 is 0 Å². The highest BCUT2D eigenvalue weighted by atomic mass is 32.2. The van der Waals surface area contributed by atoms with Crippen LogP contribution in [0.2, 0.25) is 0 Å². The molecule has 0 amide bonds. The minimum atomic E-state index is -3.56. The molecule has 0 radical (unpaired) electrons. The van der Waals surface area contributed by atoms with Crippen LogP contribution in [0.4, 0.5) is 0 Å². The number of nitrogens with zero attached hydrogens (tertiary/aromatic N) is 2. The van der Waals surface area contributed by atoms with Crippen LogP contribution in [-0.2, 0) is 16.6 Å². The van der Waals surface area contributed by atoms with Crippen LogP contribution in [0.1, 0.15) is 49.3 Å². The Balaban J connectivity index is 1.86. The highest BCUT2D eigenvalue weighted by Gasteiger charge is 2.38. The summed E-state index contributed by atoms with van der Waals surface area (Å²) in [6.45, 7) is 4.66. The molecule has 1 aliphatic carbocycles. The molecule has 0 aliphatic heterocycles. The van der Waals surface area contributed by atoms with Gasteiger partial charge < -0.3 is 0 Å². The van der Waals surface area contributed by atoms with Crippen molar-refractivity contribution in [2.45, 2.75) is 50.1 Å². The minimum Gasteiger partial charge on any atom is -0.207 e. The highest BCUT2D eigenvalue weighted by molar-refractivity contribution is 7.89. The Labute approximate surface area is 149 Å². The molecular weight excluding hydrogens is 332 g/mol. The lowest BCUT2D eigenvalue weighted by molar-refractivity contribution is 0.398. The molecule has 0 heterocycles. The molecule has 4 nitrogen and oxygen atoms in total. The smallest absolute Gasteiger partial charge is 0.207 e. The lowest BCUT2D eigenvalue weighted by atomic mass is 10.0. The molecule has 5 heteroatoms. The van der Waals surface area contributed by atoms with Crippen LogP contribution < -0.4 is 0 Å². The summed E-state index contributed by atoms with van der Waals surface area (Å²) >= 11 is 0. The van der Waals surface area contributed by atoms with Crippen LogP contribution in [-0.4, -0.2) is 18.8 Å². The molecular formula is C20H22N2O2S. The molecule has 130 valence electrons. The van der Waals surface area contributed by atoms with Gasteiger partial charge in [0.2, 0.25) is 10.0 Å². The Hall–Kier alpha value is -2.16. The molecule has 1 fully saturated rings. The first-order valence-electron chi connectivity index (χ1n) is 8.52. The molecule has 0 N–H and O–H groups in total. The molecule has 0 aromatic heterocycles. The predicted octanol–water partition coefficient (Wildman–Crippen LogP) is 4.03. The molecule has 3 rings (SSSR count). The van der Waals surface area contributed by atoms with Gasteiger partial charge in [-0.05, 0) is 54.2 Å². The molecule has 0 saturated heterocycles. The fourth-order valence-corrected chi connectivity index (χ4v) is 4.47. The van der Waals surface area contributed by atoms with Gasteiger partial charge in [0.05, 0.1) is 16.5 Å². The summed E-state index contributed by atoms with van der Waals surface area (Å²) in [4.78, 5) is 0.247. The van der Waals surface area contributed by atoms with E-state index in [1.807, 2.05) is 18.2 Å². The van der Waals surface area contributed by atoms with Gasteiger partial charge in [-0.25, -0.2) is 8.42 Å². The van der Waals surface area contributed by atoms with E-state index < -0.39 is 10.0 Å².